The molecular weight excluding hydrogens is 480 g/mol. The minimum atomic E-state index is -1.44. The number of aliphatic carboxylic acids is 1. The van der Waals surface area contributed by atoms with Crippen molar-refractivity contribution in [3.05, 3.63) is 70.9 Å². The van der Waals surface area contributed by atoms with Gasteiger partial charge in [0, 0.05) is 29.1 Å². The predicted octanol–water partition coefficient (Wildman–Crippen LogP) is 0.923. The lowest BCUT2D eigenvalue weighted by Gasteiger charge is -2.47. The highest BCUT2D eigenvalue weighted by molar-refractivity contribution is 7.18. The average molecular weight is 503 g/mol. The van der Waals surface area contributed by atoms with E-state index < -0.39 is 29.9 Å². The van der Waals surface area contributed by atoms with Gasteiger partial charge in [0.05, 0.1) is 40.2 Å². The van der Waals surface area contributed by atoms with E-state index >= 15 is 0 Å². The molecule has 0 bridgehead atoms. The Balaban J connectivity index is 1.43. The molecule has 36 heavy (non-hydrogen) atoms. The summed E-state index contributed by atoms with van der Waals surface area (Å²) in [7, 11) is 1.88. The fourth-order valence-corrected chi connectivity index (χ4v) is 6.85. The van der Waals surface area contributed by atoms with E-state index in [1.165, 1.54) is 29.5 Å². The molecular formula is C26H22N4O5S. The van der Waals surface area contributed by atoms with Gasteiger partial charge in [-0.3, -0.25) is 14.0 Å². The van der Waals surface area contributed by atoms with Crippen LogP contribution in [0, 0.1) is 11.8 Å². The summed E-state index contributed by atoms with van der Waals surface area (Å²) in [6, 6.07) is 9.16. The number of hydrogen-bond acceptors (Lipinski definition) is 7. The van der Waals surface area contributed by atoms with Crippen LogP contribution in [0.4, 0.5) is 0 Å². The van der Waals surface area contributed by atoms with Crippen molar-refractivity contribution in [3.63, 3.8) is 0 Å². The van der Waals surface area contributed by atoms with E-state index in [1.807, 2.05) is 48.9 Å². The molecule has 10 heteroatoms. The second-order valence-electron chi connectivity index (χ2n) is 9.43. The zero-order chi connectivity index (χ0) is 25.5. The first-order valence-electron chi connectivity index (χ1n) is 11.6. The van der Waals surface area contributed by atoms with Crippen LogP contribution in [0.3, 0.4) is 0 Å². The van der Waals surface area contributed by atoms with E-state index in [9.17, 15) is 24.6 Å². The molecule has 4 aromatic rings. The van der Waals surface area contributed by atoms with E-state index in [4.69, 9.17) is 0 Å². The standard InChI is InChI=1S/C26H22N4O5S/c1-12-18(22(26(34)35)30-21(12)19(13(2)31)24(30)33)17-10-29-11-27-20(25(29)36-17)23(32)15-8-14-6-4-5-7-16(14)28(3)9-15/h4-13,19,21,31H,1-3H3/t12-,13+,19+,21+/m0/s1. The number of thiazole rings is 1. The minimum absolute atomic E-state index is 0.165. The number of hydrogen-bond donors (Lipinski definition) is 1. The molecule has 0 aliphatic carbocycles. The molecule has 1 saturated heterocycles. The zero-order valence-electron chi connectivity index (χ0n) is 19.7. The molecule has 0 spiro atoms. The summed E-state index contributed by atoms with van der Waals surface area (Å²) in [5.74, 6) is -3.08. The molecule has 1 fully saturated rings. The Hall–Kier alpha value is -3.89. The van der Waals surface area contributed by atoms with Crippen LogP contribution < -0.4 is 9.67 Å². The van der Waals surface area contributed by atoms with Crippen molar-refractivity contribution in [2.24, 2.45) is 18.9 Å². The largest absolute Gasteiger partial charge is 0.543 e. The van der Waals surface area contributed by atoms with Crippen molar-refractivity contribution < 1.29 is 29.2 Å². The monoisotopic (exact) mass is 502 g/mol. The topological polar surface area (TPSA) is 119 Å². The van der Waals surface area contributed by atoms with Gasteiger partial charge in [-0.2, -0.15) is 0 Å². The molecule has 3 aromatic heterocycles. The van der Waals surface area contributed by atoms with Gasteiger partial charge in [-0.05, 0) is 19.1 Å². The van der Waals surface area contributed by atoms with Crippen LogP contribution in [-0.4, -0.2) is 49.2 Å². The normalized spacial score (nSPS) is 22.3. The maximum absolute atomic E-state index is 13.5. The summed E-state index contributed by atoms with van der Waals surface area (Å²) in [4.78, 5) is 45.0. The van der Waals surface area contributed by atoms with Crippen LogP contribution in [0.2, 0.25) is 0 Å². The number of β-lactam (4-membered cyclic amide) rings is 1. The van der Waals surface area contributed by atoms with Gasteiger partial charge in [-0.1, -0.05) is 19.1 Å². The number of carbonyl (C=O) groups is 3. The first-order valence-corrected chi connectivity index (χ1v) is 12.4. The lowest BCUT2D eigenvalue weighted by atomic mass is 9.77. The van der Waals surface area contributed by atoms with Gasteiger partial charge >= 0.3 is 0 Å². The summed E-state index contributed by atoms with van der Waals surface area (Å²) in [5, 5.41) is 23.1. The number of ketones is 1. The molecule has 9 nitrogen and oxygen atoms in total. The quantitative estimate of drug-likeness (QED) is 0.246. The van der Waals surface area contributed by atoms with E-state index in [-0.39, 0.29) is 23.1 Å². The molecule has 6 rings (SSSR count). The van der Waals surface area contributed by atoms with Gasteiger partial charge < -0.3 is 19.9 Å². The lowest BCUT2D eigenvalue weighted by molar-refractivity contribution is -0.645. The maximum atomic E-state index is 13.5. The molecule has 4 atom stereocenters. The molecule has 182 valence electrons. The summed E-state index contributed by atoms with van der Waals surface area (Å²) in [6.07, 6.45) is 4.14. The second kappa shape index (κ2) is 7.81. The van der Waals surface area contributed by atoms with Crippen molar-refractivity contribution in [1.29, 1.82) is 0 Å². The van der Waals surface area contributed by atoms with Crippen LogP contribution in [0.25, 0.3) is 21.3 Å². The second-order valence-corrected chi connectivity index (χ2v) is 10.5. The third kappa shape index (κ3) is 3.01. The highest BCUT2D eigenvalue weighted by Gasteiger charge is 2.58. The summed E-state index contributed by atoms with van der Waals surface area (Å²) >= 11 is 1.25. The Morgan fingerprint density at radius 1 is 1.28 bits per heavy atom. The number of carboxylic acids is 1. The first-order chi connectivity index (χ1) is 17.2. The minimum Gasteiger partial charge on any atom is -0.543 e. The van der Waals surface area contributed by atoms with Gasteiger partial charge in [0.25, 0.3) is 0 Å². The van der Waals surface area contributed by atoms with E-state index in [0.29, 0.717) is 20.8 Å². The third-order valence-electron chi connectivity index (χ3n) is 7.28. The summed E-state index contributed by atoms with van der Waals surface area (Å²) in [5.41, 5.74) is 2.06. The Labute approximate surface area is 209 Å². The number of aryl methyl sites for hydroxylation is 1. The number of rotatable bonds is 5. The Morgan fingerprint density at radius 3 is 2.75 bits per heavy atom. The van der Waals surface area contributed by atoms with Crippen LogP contribution >= 0.6 is 11.3 Å². The van der Waals surface area contributed by atoms with Gasteiger partial charge in [0.1, 0.15) is 23.9 Å². The molecule has 2 aliphatic rings. The van der Waals surface area contributed by atoms with Gasteiger partial charge in [0.2, 0.25) is 17.2 Å². The number of para-hydroxylation sites is 1. The Kier molecular flexibility index (Phi) is 4.89. The zero-order valence-corrected chi connectivity index (χ0v) is 20.5. The molecule has 5 heterocycles. The average Bonchev–Trinajstić information content (AvgIpc) is 3.48. The number of imidazole rings is 1. The Morgan fingerprint density at radius 2 is 2.03 bits per heavy atom. The van der Waals surface area contributed by atoms with Gasteiger partial charge in [-0.15, -0.1) is 11.3 Å². The number of aromatic nitrogens is 3. The SMILES string of the molecule is C[C@@H](O)[C@H]1C(=O)N2C(C(=O)[O-])=C(c3cn4cnc(C(=O)c5cc6ccccc6[n+](C)c5)c4s3)[C@H](C)[C@H]12. The highest BCUT2D eigenvalue weighted by atomic mass is 32.1. The van der Waals surface area contributed by atoms with Crippen molar-refractivity contribution in [1.82, 2.24) is 14.3 Å². The molecule has 1 amide bonds. The van der Waals surface area contributed by atoms with Crippen LogP contribution in [0.5, 0.6) is 0 Å². The Bertz CT molecular complexity index is 1650. The number of carboxylic acid groups (broad SMARTS) is 1. The smallest absolute Gasteiger partial charge is 0.235 e. The highest BCUT2D eigenvalue weighted by Crippen LogP contribution is 2.51. The van der Waals surface area contributed by atoms with E-state index in [2.05, 4.69) is 4.98 Å². The van der Waals surface area contributed by atoms with Crippen molar-refractivity contribution in [2.45, 2.75) is 26.0 Å². The van der Waals surface area contributed by atoms with Crippen LogP contribution in [-0.2, 0) is 16.6 Å². The van der Waals surface area contributed by atoms with Crippen molar-refractivity contribution in [2.75, 3.05) is 0 Å². The molecule has 0 radical (unpaired) electrons. The predicted molar refractivity (Wildman–Crippen MR) is 129 cm³/mol. The van der Waals surface area contributed by atoms with Gasteiger partial charge in [0.15, 0.2) is 6.20 Å². The number of benzene rings is 1. The summed E-state index contributed by atoms with van der Waals surface area (Å²) < 4.78 is 3.59. The number of carbonyl (C=O) groups excluding carboxylic acids is 3. The number of fused-ring (bicyclic) bond motifs is 3. The number of amides is 1. The number of aliphatic hydroxyl groups excluding tert-OH is 1. The van der Waals surface area contributed by atoms with Crippen LogP contribution in [0.15, 0.2) is 54.7 Å². The number of aliphatic hydroxyl groups is 1. The fourth-order valence-electron chi connectivity index (χ4n) is 5.64. The number of nitrogens with zero attached hydrogens (tertiary/aromatic N) is 4. The number of pyridine rings is 1. The molecule has 0 saturated carbocycles. The van der Waals surface area contributed by atoms with Crippen LogP contribution in [0.1, 0.15) is 34.8 Å². The third-order valence-corrected chi connectivity index (χ3v) is 8.42. The van der Waals surface area contributed by atoms with Crippen molar-refractivity contribution >= 4 is 50.3 Å². The fraction of sp³-hybridized carbons (Fsp3) is 0.269. The van der Waals surface area contributed by atoms with Crippen molar-refractivity contribution in [3.8, 4) is 0 Å². The molecule has 1 N–H and O–H groups in total. The first kappa shape index (κ1) is 22.6. The van der Waals surface area contributed by atoms with E-state index in [0.717, 1.165) is 10.9 Å². The maximum Gasteiger partial charge on any atom is 0.235 e. The van der Waals surface area contributed by atoms with Gasteiger partial charge in [-0.25, -0.2) is 9.55 Å². The molecule has 0 unspecified atom stereocenters. The summed E-state index contributed by atoms with van der Waals surface area (Å²) in [6.45, 7) is 3.38. The van der Waals surface area contributed by atoms with E-state index in [1.54, 1.807) is 16.8 Å². The molecule has 2 aliphatic heterocycles. The lowest BCUT2D eigenvalue weighted by Crippen LogP contribution is -2.64. The molecule has 1 aromatic carbocycles.